The van der Waals surface area contributed by atoms with Gasteiger partial charge in [-0.2, -0.15) is 0 Å². The highest BCUT2D eigenvalue weighted by atomic mass is 16.1. The molecule has 0 saturated heterocycles. The molecule has 0 radical (unpaired) electrons. The summed E-state index contributed by atoms with van der Waals surface area (Å²) in [6, 6.07) is 0. The second-order valence-electron chi connectivity index (χ2n) is 6.03. The Hall–Kier alpha value is -0.850. The largest absolute Gasteiger partial charge is 0.298 e. The minimum atomic E-state index is 0.231. The van der Waals surface area contributed by atoms with E-state index >= 15 is 0 Å². The predicted molar refractivity (Wildman–Crippen MR) is 64.9 cm³/mol. The molecule has 4 atom stereocenters. The third kappa shape index (κ3) is 1.20. The van der Waals surface area contributed by atoms with Crippen LogP contribution in [0.25, 0.3) is 0 Å². The van der Waals surface area contributed by atoms with Gasteiger partial charge in [-0.15, -0.1) is 0 Å². The summed E-state index contributed by atoms with van der Waals surface area (Å²) in [5, 5.41) is 0. The first-order valence-corrected chi connectivity index (χ1v) is 6.50. The van der Waals surface area contributed by atoms with E-state index in [1.807, 2.05) is 0 Å². The van der Waals surface area contributed by atoms with Crippen molar-refractivity contribution in [1.82, 2.24) is 0 Å². The molecule has 0 unspecified atom stereocenters. The van der Waals surface area contributed by atoms with E-state index in [4.69, 9.17) is 0 Å². The molecule has 3 aliphatic carbocycles. The van der Waals surface area contributed by atoms with E-state index in [0.717, 1.165) is 6.42 Å². The Morgan fingerprint density at radius 3 is 3.00 bits per heavy atom. The molecule has 0 spiro atoms. The van der Waals surface area contributed by atoms with Crippen LogP contribution in [0.4, 0.5) is 0 Å². The molecule has 0 aromatic rings. The summed E-state index contributed by atoms with van der Waals surface area (Å²) >= 11 is 0. The molecule has 1 fully saturated rings. The van der Waals surface area contributed by atoms with Crippen molar-refractivity contribution in [2.45, 2.75) is 39.5 Å². The zero-order chi connectivity index (χ0) is 11.3. The van der Waals surface area contributed by atoms with Crippen LogP contribution in [0.3, 0.4) is 0 Å². The Bertz CT molecular complexity index is 390. The lowest BCUT2D eigenvalue weighted by atomic mass is 9.64. The molecular weight excluding hydrogens is 196 g/mol. The number of ketones is 1. The summed E-state index contributed by atoms with van der Waals surface area (Å²) in [6.45, 7) is 4.58. The third-order valence-corrected chi connectivity index (χ3v) is 5.16. The van der Waals surface area contributed by atoms with Gasteiger partial charge in [0, 0.05) is 11.8 Å². The lowest BCUT2D eigenvalue weighted by molar-refractivity contribution is -0.121. The molecule has 0 heterocycles. The number of rotatable bonds is 0. The highest BCUT2D eigenvalue weighted by molar-refractivity contribution is 5.93. The van der Waals surface area contributed by atoms with E-state index in [1.165, 1.54) is 24.8 Å². The highest BCUT2D eigenvalue weighted by Gasteiger charge is 2.57. The normalized spacial score (nSPS) is 49.5. The number of fused-ring (bicyclic) bond motifs is 5. The van der Waals surface area contributed by atoms with E-state index in [1.54, 1.807) is 0 Å². The number of carbonyl (C=O) groups is 1. The number of hydrogen-bond donors (Lipinski definition) is 0. The van der Waals surface area contributed by atoms with Crippen molar-refractivity contribution in [2.24, 2.45) is 23.2 Å². The number of allylic oxidation sites excluding steroid dienone is 4. The maximum absolute atomic E-state index is 12.2. The molecule has 86 valence electrons. The topological polar surface area (TPSA) is 17.1 Å². The molecule has 0 aliphatic heterocycles. The van der Waals surface area contributed by atoms with Gasteiger partial charge in [-0.1, -0.05) is 30.7 Å². The second kappa shape index (κ2) is 3.32. The molecule has 1 nitrogen and oxygen atoms in total. The molecule has 0 amide bonds. The third-order valence-electron chi connectivity index (χ3n) is 5.16. The van der Waals surface area contributed by atoms with E-state index in [9.17, 15) is 4.79 Å². The van der Waals surface area contributed by atoms with Crippen LogP contribution >= 0.6 is 0 Å². The first kappa shape index (κ1) is 10.3. The highest BCUT2D eigenvalue weighted by Crippen LogP contribution is 2.58. The van der Waals surface area contributed by atoms with E-state index < -0.39 is 0 Å². The summed E-state index contributed by atoms with van der Waals surface area (Å²) in [5.41, 5.74) is 1.77. The van der Waals surface area contributed by atoms with Gasteiger partial charge >= 0.3 is 0 Å². The molecule has 0 aromatic heterocycles. The Morgan fingerprint density at radius 2 is 2.19 bits per heavy atom. The lowest BCUT2D eigenvalue weighted by Gasteiger charge is -2.39. The maximum Gasteiger partial charge on any atom is 0.147 e. The maximum atomic E-state index is 12.2. The van der Waals surface area contributed by atoms with Crippen LogP contribution in [0.2, 0.25) is 0 Å². The van der Waals surface area contributed by atoms with Gasteiger partial charge in [-0.3, -0.25) is 4.79 Å². The van der Waals surface area contributed by atoms with Crippen molar-refractivity contribution in [3.63, 3.8) is 0 Å². The zero-order valence-corrected chi connectivity index (χ0v) is 10.2. The van der Waals surface area contributed by atoms with Crippen molar-refractivity contribution in [1.29, 1.82) is 0 Å². The number of hydrogen-bond acceptors (Lipinski definition) is 1. The average Bonchev–Trinajstić information content (AvgIpc) is 2.66. The van der Waals surface area contributed by atoms with Gasteiger partial charge in [0.25, 0.3) is 0 Å². The van der Waals surface area contributed by atoms with Crippen molar-refractivity contribution in [3.8, 4) is 0 Å². The molecule has 1 heteroatoms. The van der Waals surface area contributed by atoms with Crippen LogP contribution in [-0.4, -0.2) is 5.78 Å². The molecule has 3 aliphatic rings. The fraction of sp³-hybridized carbons (Fsp3) is 0.667. The van der Waals surface area contributed by atoms with Gasteiger partial charge in [-0.25, -0.2) is 0 Å². The van der Waals surface area contributed by atoms with Crippen molar-refractivity contribution >= 4 is 5.78 Å². The smallest absolute Gasteiger partial charge is 0.147 e. The van der Waals surface area contributed by atoms with E-state index in [-0.39, 0.29) is 17.3 Å². The SMILES string of the molecule is C/C1=C/CC[C@]2(C)[C@H](CC1)[C@@H]1C=C[C@H]2C1=O. The minimum Gasteiger partial charge on any atom is -0.298 e. The van der Waals surface area contributed by atoms with Gasteiger partial charge in [0.15, 0.2) is 0 Å². The Labute approximate surface area is 97.6 Å². The minimum absolute atomic E-state index is 0.231. The van der Waals surface area contributed by atoms with Crippen LogP contribution in [0.15, 0.2) is 23.8 Å². The van der Waals surface area contributed by atoms with E-state index in [2.05, 4.69) is 32.1 Å². The quantitative estimate of drug-likeness (QED) is 0.566. The molecule has 1 saturated carbocycles. The predicted octanol–water partition coefficient (Wildman–Crippen LogP) is 3.51. The van der Waals surface area contributed by atoms with Crippen LogP contribution in [0.1, 0.15) is 39.5 Å². The van der Waals surface area contributed by atoms with Gasteiger partial charge in [0.1, 0.15) is 5.78 Å². The molecular formula is C15H20O. The van der Waals surface area contributed by atoms with Gasteiger partial charge < -0.3 is 0 Å². The number of Topliss-reactive ketones (excluding diaryl/α,β-unsaturated/α-hetero) is 1. The molecule has 3 rings (SSSR count). The standard InChI is InChI=1S/C15H20O/c1-10-4-3-9-15(2)12(7-5-10)11-6-8-13(15)14(11)16/h4,6,8,11-13H,3,5,7,9H2,1-2H3/b10-4-/t11-,12+,13-,15+/m0/s1. The fourth-order valence-corrected chi connectivity index (χ4v) is 4.11. The van der Waals surface area contributed by atoms with Crippen LogP contribution in [0, 0.1) is 23.2 Å². The molecule has 0 aromatic carbocycles. The Morgan fingerprint density at radius 1 is 1.38 bits per heavy atom. The van der Waals surface area contributed by atoms with Crippen LogP contribution in [-0.2, 0) is 4.79 Å². The first-order chi connectivity index (χ1) is 7.63. The fourth-order valence-electron chi connectivity index (χ4n) is 4.11. The summed E-state index contributed by atoms with van der Waals surface area (Å²) in [5.74, 6) is 1.60. The monoisotopic (exact) mass is 216 g/mol. The average molecular weight is 216 g/mol. The number of carbonyl (C=O) groups excluding carboxylic acids is 1. The first-order valence-electron chi connectivity index (χ1n) is 6.50. The van der Waals surface area contributed by atoms with Crippen molar-refractivity contribution in [3.05, 3.63) is 23.8 Å². The molecule has 16 heavy (non-hydrogen) atoms. The zero-order valence-electron chi connectivity index (χ0n) is 10.2. The summed E-state index contributed by atoms with van der Waals surface area (Å²) < 4.78 is 0. The molecule has 0 N–H and O–H groups in total. The summed E-state index contributed by atoms with van der Waals surface area (Å²) in [7, 11) is 0. The van der Waals surface area contributed by atoms with E-state index in [0.29, 0.717) is 11.7 Å². The van der Waals surface area contributed by atoms with Crippen LogP contribution < -0.4 is 0 Å². The van der Waals surface area contributed by atoms with Gasteiger partial charge in [0.2, 0.25) is 0 Å². The van der Waals surface area contributed by atoms with Gasteiger partial charge in [-0.05, 0) is 43.9 Å². The van der Waals surface area contributed by atoms with Crippen LogP contribution in [0.5, 0.6) is 0 Å². The second-order valence-corrected chi connectivity index (χ2v) is 6.03. The summed E-state index contributed by atoms with van der Waals surface area (Å²) in [4.78, 5) is 12.2. The molecule has 2 bridgehead atoms. The van der Waals surface area contributed by atoms with Crippen molar-refractivity contribution in [2.75, 3.05) is 0 Å². The lowest BCUT2D eigenvalue weighted by Crippen LogP contribution is -2.32. The summed E-state index contributed by atoms with van der Waals surface area (Å²) in [6.07, 6.45) is 11.5. The van der Waals surface area contributed by atoms with Gasteiger partial charge in [0.05, 0.1) is 0 Å². The van der Waals surface area contributed by atoms with Crippen molar-refractivity contribution < 1.29 is 4.79 Å². The Balaban J connectivity index is 1.96. The Kier molecular flexibility index (Phi) is 2.14.